The number of aryl methyl sites for hydroxylation is 1. The van der Waals surface area contributed by atoms with Crippen LogP contribution < -0.4 is 10.5 Å². The standard InChI is InChI=1S/C19H22FN5O2S/c20-17-11-4-3-5-13(11)18(14-8-7-12(14)17)23-19(26)24-28(21,27)16-10-22-25-9-2-1-6-15(16)25/h10H,1-9H2,(H3,21,23,24,26,27). The lowest BCUT2D eigenvalue weighted by Gasteiger charge is -2.26. The molecule has 1 atom stereocenters. The van der Waals surface area contributed by atoms with E-state index in [9.17, 15) is 13.4 Å². The summed E-state index contributed by atoms with van der Waals surface area (Å²) >= 11 is 0. The van der Waals surface area contributed by atoms with E-state index < -0.39 is 15.9 Å². The molecule has 1 aromatic carbocycles. The average molecular weight is 403 g/mol. The van der Waals surface area contributed by atoms with Gasteiger partial charge in [0.15, 0.2) is 0 Å². The molecule has 28 heavy (non-hydrogen) atoms. The van der Waals surface area contributed by atoms with Crippen LogP contribution >= 0.6 is 0 Å². The lowest BCUT2D eigenvalue weighted by molar-refractivity contribution is 0.260. The Hall–Kier alpha value is -2.26. The summed E-state index contributed by atoms with van der Waals surface area (Å²) in [5, 5.41) is 13.0. The van der Waals surface area contributed by atoms with Gasteiger partial charge in [0.2, 0.25) is 0 Å². The number of carbonyl (C=O) groups is 1. The second-order valence-electron chi connectivity index (χ2n) is 7.68. The molecule has 3 aliphatic rings. The van der Waals surface area contributed by atoms with Gasteiger partial charge in [-0.3, -0.25) is 4.68 Å². The average Bonchev–Trinajstić information content (AvgIpc) is 3.26. The van der Waals surface area contributed by atoms with E-state index in [-0.39, 0.29) is 5.82 Å². The molecule has 0 spiro atoms. The molecule has 1 aromatic heterocycles. The molecule has 2 amide bonds. The van der Waals surface area contributed by atoms with Gasteiger partial charge in [-0.25, -0.2) is 18.5 Å². The van der Waals surface area contributed by atoms with E-state index in [4.69, 9.17) is 5.14 Å². The van der Waals surface area contributed by atoms with Gasteiger partial charge in [0, 0.05) is 12.2 Å². The van der Waals surface area contributed by atoms with Gasteiger partial charge in [-0.2, -0.15) is 5.10 Å². The first kappa shape index (κ1) is 17.8. The monoisotopic (exact) mass is 403 g/mol. The highest BCUT2D eigenvalue weighted by Gasteiger charge is 2.31. The van der Waals surface area contributed by atoms with Crippen LogP contribution in [0.4, 0.5) is 14.9 Å². The van der Waals surface area contributed by atoms with Gasteiger partial charge in [0.25, 0.3) is 0 Å². The molecule has 1 unspecified atom stereocenters. The summed E-state index contributed by atoms with van der Waals surface area (Å²) in [4.78, 5) is 12.9. The Morgan fingerprint density at radius 1 is 1.11 bits per heavy atom. The number of rotatable bonds is 2. The molecule has 1 aliphatic heterocycles. The third kappa shape index (κ3) is 2.68. The molecule has 3 N–H and O–H groups in total. The number of nitrogens with one attached hydrogen (secondary N) is 1. The van der Waals surface area contributed by atoms with Crippen LogP contribution in [0, 0.1) is 5.82 Å². The maximum atomic E-state index is 14.5. The summed E-state index contributed by atoms with van der Waals surface area (Å²) in [5.41, 5.74) is 4.53. The molecule has 0 saturated heterocycles. The number of fused-ring (bicyclic) bond motifs is 3. The molecule has 5 rings (SSSR count). The van der Waals surface area contributed by atoms with E-state index in [0.717, 1.165) is 61.9 Å². The van der Waals surface area contributed by atoms with E-state index in [0.29, 0.717) is 34.6 Å². The quantitative estimate of drug-likeness (QED) is 0.806. The minimum Gasteiger partial charge on any atom is -0.305 e. The largest absolute Gasteiger partial charge is 0.354 e. The van der Waals surface area contributed by atoms with E-state index in [1.807, 2.05) is 0 Å². The zero-order valence-corrected chi connectivity index (χ0v) is 16.3. The number of aromatic nitrogens is 2. The van der Waals surface area contributed by atoms with E-state index in [1.165, 1.54) is 6.20 Å². The number of anilines is 1. The third-order valence-electron chi connectivity index (χ3n) is 6.05. The van der Waals surface area contributed by atoms with Crippen LogP contribution in [-0.2, 0) is 48.6 Å². The van der Waals surface area contributed by atoms with Gasteiger partial charge in [-0.15, -0.1) is 4.36 Å². The number of hydrogen-bond donors (Lipinski definition) is 2. The summed E-state index contributed by atoms with van der Waals surface area (Å²) in [5.74, 6) is -0.113. The molecule has 0 saturated carbocycles. The molecule has 7 nitrogen and oxygen atoms in total. The van der Waals surface area contributed by atoms with Crippen molar-refractivity contribution in [2.24, 2.45) is 9.50 Å². The van der Waals surface area contributed by atoms with Crippen molar-refractivity contribution >= 4 is 21.6 Å². The number of nitrogens with two attached hydrogens (primary N) is 1. The van der Waals surface area contributed by atoms with Crippen LogP contribution in [0.3, 0.4) is 0 Å². The number of hydrogen-bond acceptors (Lipinski definition) is 3. The van der Waals surface area contributed by atoms with Gasteiger partial charge in [0.05, 0.1) is 11.9 Å². The van der Waals surface area contributed by atoms with Crippen LogP contribution in [0.15, 0.2) is 15.5 Å². The molecule has 0 bridgehead atoms. The summed E-state index contributed by atoms with van der Waals surface area (Å²) in [6.07, 6.45) is 7.85. The van der Waals surface area contributed by atoms with Gasteiger partial charge in [0.1, 0.15) is 20.6 Å². The highest BCUT2D eigenvalue weighted by atomic mass is 32.2. The van der Waals surface area contributed by atoms with Gasteiger partial charge in [-0.1, -0.05) is 0 Å². The maximum Gasteiger partial charge on any atom is 0.354 e. The van der Waals surface area contributed by atoms with Crippen molar-refractivity contribution in [3.8, 4) is 0 Å². The molecule has 0 radical (unpaired) electrons. The van der Waals surface area contributed by atoms with Crippen LogP contribution in [0.1, 0.15) is 47.2 Å². The summed E-state index contributed by atoms with van der Waals surface area (Å²) in [6, 6.07) is -0.752. The fraction of sp³-hybridized carbons (Fsp3) is 0.474. The smallest absolute Gasteiger partial charge is 0.305 e. The van der Waals surface area contributed by atoms with Crippen molar-refractivity contribution in [1.29, 1.82) is 0 Å². The van der Waals surface area contributed by atoms with Crippen molar-refractivity contribution in [3.05, 3.63) is 40.0 Å². The Morgan fingerprint density at radius 2 is 1.82 bits per heavy atom. The van der Waals surface area contributed by atoms with E-state index in [1.54, 1.807) is 4.68 Å². The summed E-state index contributed by atoms with van der Waals surface area (Å²) in [6.45, 7) is 0.755. The fourth-order valence-electron chi connectivity index (χ4n) is 4.61. The Bertz CT molecular complexity index is 1130. The predicted octanol–water partition coefficient (Wildman–Crippen LogP) is 2.88. The predicted molar refractivity (Wildman–Crippen MR) is 103 cm³/mol. The maximum absolute atomic E-state index is 14.5. The fourth-order valence-corrected chi connectivity index (χ4v) is 5.74. The molecule has 2 heterocycles. The minimum atomic E-state index is -3.40. The van der Waals surface area contributed by atoms with Crippen LogP contribution in [-0.4, -0.2) is 20.0 Å². The van der Waals surface area contributed by atoms with Gasteiger partial charge in [-0.05, 0) is 73.6 Å². The Morgan fingerprint density at radius 3 is 2.61 bits per heavy atom. The second-order valence-corrected chi connectivity index (χ2v) is 9.44. The van der Waals surface area contributed by atoms with Crippen molar-refractivity contribution < 1.29 is 13.4 Å². The first-order valence-corrected chi connectivity index (χ1v) is 11.3. The zero-order chi connectivity index (χ0) is 19.5. The van der Waals surface area contributed by atoms with Gasteiger partial charge >= 0.3 is 6.03 Å². The number of halogens is 1. The Labute approximate surface area is 162 Å². The molecule has 2 aliphatic carbocycles. The number of urea groups is 1. The molecule has 0 fully saturated rings. The highest BCUT2D eigenvalue weighted by Crippen LogP contribution is 2.42. The van der Waals surface area contributed by atoms with Crippen molar-refractivity contribution in [2.75, 3.05) is 5.32 Å². The van der Waals surface area contributed by atoms with Gasteiger partial charge < -0.3 is 5.32 Å². The van der Waals surface area contributed by atoms with E-state index >= 15 is 0 Å². The number of carbonyl (C=O) groups excluding carboxylic acids is 1. The zero-order valence-electron chi connectivity index (χ0n) is 15.5. The minimum absolute atomic E-state index is 0.113. The molecule has 9 heteroatoms. The molecular formula is C19H22FN5O2S. The van der Waals surface area contributed by atoms with Crippen LogP contribution in [0.25, 0.3) is 0 Å². The first-order chi connectivity index (χ1) is 13.5. The molecule has 148 valence electrons. The summed E-state index contributed by atoms with van der Waals surface area (Å²) < 4.78 is 33.1. The second kappa shape index (κ2) is 6.38. The summed E-state index contributed by atoms with van der Waals surface area (Å²) in [7, 11) is -3.40. The van der Waals surface area contributed by atoms with E-state index in [2.05, 4.69) is 14.8 Å². The van der Waals surface area contributed by atoms with Crippen LogP contribution in [0.2, 0.25) is 0 Å². The first-order valence-electron chi connectivity index (χ1n) is 9.71. The molecular weight excluding hydrogens is 381 g/mol. The lowest BCUT2D eigenvalue weighted by atomic mass is 9.83. The number of amides is 2. The number of benzene rings is 1. The normalized spacial score (nSPS) is 19.1. The van der Waals surface area contributed by atoms with Crippen molar-refractivity contribution in [3.63, 3.8) is 0 Å². The highest BCUT2D eigenvalue weighted by molar-refractivity contribution is 7.91. The number of nitrogens with zero attached hydrogens (tertiary/aromatic N) is 3. The Kier molecular flexibility index (Phi) is 4.06. The van der Waals surface area contributed by atoms with Crippen molar-refractivity contribution in [2.45, 2.75) is 62.8 Å². The topological polar surface area (TPSA) is 102 Å². The third-order valence-corrected chi connectivity index (χ3v) is 7.46. The lowest BCUT2D eigenvalue weighted by Crippen LogP contribution is -2.23. The molecule has 2 aromatic rings. The van der Waals surface area contributed by atoms with Crippen LogP contribution in [0.5, 0.6) is 0 Å². The van der Waals surface area contributed by atoms with Crippen molar-refractivity contribution in [1.82, 2.24) is 9.78 Å². The SMILES string of the molecule is NS(=O)(=NC(=O)Nc1c2c(c(F)c3c1CC3)CCC2)c1cnn2c1CCCC2. The Balaban J connectivity index is 1.49.